The molecule has 0 atom stereocenters. The van der Waals surface area contributed by atoms with Gasteiger partial charge in [0.2, 0.25) is 0 Å². The second-order valence-electron chi connectivity index (χ2n) is 5.57. The summed E-state index contributed by atoms with van der Waals surface area (Å²) in [5.41, 5.74) is 3.50. The molecule has 0 aliphatic rings. The number of rotatable bonds is 4. The summed E-state index contributed by atoms with van der Waals surface area (Å²) in [4.78, 5) is 14.2. The van der Waals surface area contributed by atoms with Crippen LogP contribution in [0.15, 0.2) is 48.8 Å². The molecule has 6 heteroatoms. The smallest absolute Gasteiger partial charge is 0.272 e. The molecule has 0 N–H and O–H groups in total. The molecule has 0 bridgehead atoms. The molecule has 0 aliphatic heterocycles. The van der Waals surface area contributed by atoms with Crippen molar-refractivity contribution >= 4 is 5.91 Å². The highest BCUT2D eigenvalue weighted by Gasteiger charge is 2.16. The van der Waals surface area contributed by atoms with Crippen molar-refractivity contribution in [1.82, 2.24) is 24.5 Å². The van der Waals surface area contributed by atoms with E-state index >= 15 is 0 Å². The third-order valence-electron chi connectivity index (χ3n) is 3.69. The number of carbonyl (C=O) groups is 1. The molecule has 3 aromatic rings. The number of aryl methyl sites for hydroxylation is 2. The Labute approximate surface area is 135 Å². The molecule has 1 aromatic carbocycles. The van der Waals surface area contributed by atoms with Gasteiger partial charge in [0.25, 0.3) is 5.91 Å². The monoisotopic (exact) mass is 309 g/mol. The Hall–Kier alpha value is -2.89. The minimum Gasteiger partial charge on any atom is -0.336 e. The third-order valence-corrected chi connectivity index (χ3v) is 3.69. The highest BCUT2D eigenvalue weighted by Crippen LogP contribution is 2.12. The summed E-state index contributed by atoms with van der Waals surface area (Å²) in [5.74, 6) is -0.0377. The molecule has 0 aliphatic carbocycles. The molecule has 23 heavy (non-hydrogen) atoms. The molecule has 1 amide bonds. The Morgan fingerprint density at radius 1 is 1.26 bits per heavy atom. The number of hydrogen-bond donors (Lipinski definition) is 0. The van der Waals surface area contributed by atoms with Crippen LogP contribution in [0.2, 0.25) is 0 Å². The summed E-state index contributed by atoms with van der Waals surface area (Å²) in [6, 6.07) is 11.7. The lowest BCUT2D eigenvalue weighted by molar-refractivity contribution is 0.0774. The molecule has 0 spiro atoms. The van der Waals surface area contributed by atoms with E-state index < -0.39 is 0 Å². The van der Waals surface area contributed by atoms with E-state index in [9.17, 15) is 4.79 Å². The first-order valence-electron chi connectivity index (χ1n) is 7.39. The van der Waals surface area contributed by atoms with Gasteiger partial charge < -0.3 is 4.90 Å². The molecular weight excluding hydrogens is 290 g/mol. The van der Waals surface area contributed by atoms with Crippen LogP contribution < -0.4 is 0 Å². The number of carbonyl (C=O) groups excluding carboxylic acids is 1. The van der Waals surface area contributed by atoms with Crippen LogP contribution in [-0.4, -0.2) is 37.4 Å². The highest BCUT2D eigenvalue weighted by molar-refractivity contribution is 5.92. The van der Waals surface area contributed by atoms with Crippen LogP contribution >= 0.6 is 0 Å². The molecule has 0 fully saturated rings. The van der Waals surface area contributed by atoms with Crippen molar-refractivity contribution in [2.24, 2.45) is 7.05 Å². The summed E-state index contributed by atoms with van der Waals surface area (Å²) in [6.45, 7) is 2.42. The van der Waals surface area contributed by atoms with Crippen molar-refractivity contribution in [1.29, 1.82) is 0 Å². The van der Waals surface area contributed by atoms with Crippen molar-refractivity contribution in [3.8, 4) is 5.69 Å². The molecule has 2 heterocycles. The van der Waals surface area contributed by atoms with E-state index in [0.29, 0.717) is 12.2 Å². The van der Waals surface area contributed by atoms with Gasteiger partial charge in [-0.05, 0) is 36.8 Å². The largest absolute Gasteiger partial charge is 0.336 e. The van der Waals surface area contributed by atoms with Crippen LogP contribution in [0, 0.1) is 6.92 Å². The summed E-state index contributed by atoms with van der Waals surface area (Å²) >= 11 is 0. The molecule has 0 saturated carbocycles. The summed E-state index contributed by atoms with van der Waals surface area (Å²) in [5, 5.41) is 8.42. The molecule has 0 radical (unpaired) electrons. The molecule has 0 saturated heterocycles. The minimum atomic E-state index is -0.0377. The van der Waals surface area contributed by atoms with E-state index in [0.717, 1.165) is 16.9 Å². The lowest BCUT2D eigenvalue weighted by Crippen LogP contribution is -2.28. The molecule has 118 valence electrons. The molecule has 0 unspecified atom stereocenters. The maximum atomic E-state index is 12.5. The third kappa shape index (κ3) is 3.15. The van der Waals surface area contributed by atoms with E-state index in [4.69, 9.17) is 0 Å². The topological polar surface area (TPSA) is 56.0 Å². The van der Waals surface area contributed by atoms with E-state index in [1.165, 1.54) is 0 Å². The number of amides is 1. The van der Waals surface area contributed by atoms with Gasteiger partial charge in [0.1, 0.15) is 5.69 Å². The molecular formula is C17H19N5O. The summed E-state index contributed by atoms with van der Waals surface area (Å²) < 4.78 is 3.42. The summed E-state index contributed by atoms with van der Waals surface area (Å²) in [6.07, 6.45) is 3.64. The van der Waals surface area contributed by atoms with Crippen molar-refractivity contribution in [3.05, 3.63) is 65.7 Å². The van der Waals surface area contributed by atoms with Gasteiger partial charge in [-0.1, -0.05) is 12.1 Å². The number of benzene rings is 1. The molecule has 3 rings (SSSR count). The van der Waals surface area contributed by atoms with Crippen molar-refractivity contribution < 1.29 is 4.79 Å². The van der Waals surface area contributed by atoms with Crippen LogP contribution in [0.4, 0.5) is 0 Å². The standard InChI is InChI=1S/C17H19N5O/c1-13-11-16(21(3)19-13)17(23)20(2)12-14-5-7-15(8-6-14)22-10-4-9-18-22/h4-11H,12H2,1-3H3. The molecule has 2 aromatic heterocycles. The van der Waals surface area contributed by atoms with Crippen LogP contribution in [0.3, 0.4) is 0 Å². The zero-order chi connectivity index (χ0) is 16.4. The lowest BCUT2D eigenvalue weighted by Gasteiger charge is -2.17. The van der Waals surface area contributed by atoms with Crippen molar-refractivity contribution in [2.45, 2.75) is 13.5 Å². The van der Waals surface area contributed by atoms with Gasteiger partial charge >= 0.3 is 0 Å². The quantitative estimate of drug-likeness (QED) is 0.742. The van der Waals surface area contributed by atoms with Gasteiger partial charge in [0.15, 0.2) is 0 Å². The Balaban J connectivity index is 1.71. The fraction of sp³-hybridized carbons (Fsp3) is 0.235. The first kappa shape index (κ1) is 15.0. The lowest BCUT2D eigenvalue weighted by atomic mass is 10.2. The molecule has 6 nitrogen and oxygen atoms in total. The first-order valence-corrected chi connectivity index (χ1v) is 7.39. The average molecular weight is 309 g/mol. The zero-order valence-electron chi connectivity index (χ0n) is 13.5. The van der Waals surface area contributed by atoms with Gasteiger partial charge in [-0.2, -0.15) is 10.2 Å². The van der Waals surface area contributed by atoms with E-state index in [1.807, 2.05) is 43.5 Å². The van der Waals surface area contributed by atoms with Crippen LogP contribution in [-0.2, 0) is 13.6 Å². The average Bonchev–Trinajstić information content (AvgIpc) is 3.17. The van der Waals surface area contributed by atoms with E-state index in [2.05, 4.69) is 10.2 Å². The van der Waals surface area contributed by atoms with Gasteiger partial charge in [-0.25, -0.2) is 4.68 Å². The maximum absolute atomic E-state index is 12.5. The van der Waals surface area contributed by atoms with Crippen LogP contribution in [0.25, 0.3) is 5.69 Å². The second kappa shape index (κ2) is 6.08. The number of aromatic nitrogens is 4. The van der Waals surface area contributed by atoms with Gasteiger partial charge in [0, 0.05) is 33.0 Å². The Kier molecular flexibility index (Phi) is 3.97. The fourth-order valence-corrected chi connectivity index (χ4v) is 2.53. The normalized spacial score (nSPS) is 10.7. The predicted molar refractivity (Wildman–Crippen MR) is 87.3 cm³/mol. The first-order chi connectivity index (χ1) is 11.0. The zero-order valence-corrected chi connectivity index (χ0v) is 13.5. The van der Waals surface area contributed by atoms with Gasteiger partial charge in [0.05, 0.1) is 11.4 Å². The number of nitrogens with zero attached hydrogens (tertiary/aromatic N) is 5. The Morgan fingerprint density at radius 3 is 2.57 bits per heavy atom. The highest BCUT2D eigenvalue weighted by atomic mass is 16.2. The predicted octanol–water partition coefficient (Wildman–Crippen LogP) is 2.19. The summed E-state index contributed by atoms with van der Waals surface area (Å²) in [7, 11) is 3.58. The minimum absolute atomic E-state index is 0.0377. The van der Waals surface area contributed by atoms with Crippen molar-refractivity contribution in [3.63, 3.8) is 0 Å². The Bertz CT molecular complexity index is 802. The van der Waals surface area contributed by atoms with Crippen LogP contribution in [0.1, 0.15) is 21.7 Å². The van der Waals surface area contributed by atoms with E-state index in [1.54, 1.807) is 40.6 Å². The van der Waals surface area contributed by atoms with Crippen molar-refractivity contribution in [2.75, 3.05) is 7.05 Å². The van der Waals surface area contributed by atoms with Crippen LogP contribution in [0.5, 0.6) is 0 Å². The van der Waals surface area contributed by atoms with E-state index in [-0.39, 0.29) is 5.91 Å². The maximum Gasteiger partial charge on any atom is 0.272 e. The second-order valence-corrected chi connectivity index (χ2v) is 5.57. The number of hydrogen-bond acceptors (Lipinski definition) is 3. The van der Waals surface area contributed by atoms with Gasteiger partial charge in [-0.15, -0.1) is 0 Å². The van der Waals surface area contributed by atoms with Gasteiger partial charge in [-0.3, -0.25) is 9.48 Å². The SMILES string of the molecule is Cc1cc(C(=O)N(C)Cc2ccc(-n3cccn3)cc2)n(C)n1. The fourth-order valence-electron chi connectivity index (χ4n) is 2.53. The Morgan fingerprint density at radius 2 is 2.00 bits per heavy atom.